The number of anilines is 2. The summed E-state index contributed by atoms with van der Waals surface area (Å²) < 4.78 is 0. The Bertz CT molecular complexity index is 1520. The molecule has 0 saturated carbocycles. The van der Waals surface area contributed by atoms with E-state index in [1.165, 1.54) is 93.8 Å². The number of hydrogen-bond donors (Lipinski definition) is 0. The Morgan fingerprint density at radius 2 is 1.57 bits per heavy atom. The highest BCUT2D eigenvalue weighted by Gasteiger charge is 2.35. The second kappa shape index (κ2) is 10.6. The molecule has 40 heavy (non-hydrogen) atoms. The SMILES string of the molecule is CSc1ccc2c3c1CCCN3C(=CC1=CC3=CC(=CC4Sc5ccc(SC)c6c5N4CCC6)CCC3CC1)S2. The molecule has 8 rings (SSSR count). The lowest BCUT2D eigenvalue weighted by molar-refractivity contribution is 0.501. The molecule has 2 atom stereocenters. The maximum Gasteiger partial charge on any atom is 0.0988 e. The molecule has 2 aliphatic carbocycles. The molecule has 0 aromatic heterocycles. The molecule has 0 fully saturated rings. The predicted octanol–water partition coefficient (Wildman–Crippen LogP) is 9.70. The van der Waals surface area contributed by atoms with Gasteiger partial charge in [-0.05, 0) is 134 Å². The maximum absolute atomic E-state index is 2.70. The van der Waals surface area contributed by atoms with E-state index in [9.17, 15) is 0 Å². The maximum atomic E-state index is 2.70. The molecular formula is C34H36N2S4. The predicted molar refractivity (Wildman–Crippen MR) is 178 cm³/mol. The van der Waals surface area contributed by atoms with E-state index in [2.05, 4.69) is 82.6 Å². The number of allylic oxidation sites excluding steroid dienone is 6. The van der Waals surface area contributed by atoms with E-state index in [1.54, 1.807) is 28.0 Å². The Hall–Kier alpha value is -1.60. The second-order valence-electron chi connectivity index (χ2n) is 11.7. The summed E-state index contributed by atoms with van der Waals surface area (Å²) in [6, 6.07) is 9.43. The van der Waals surface area contributed by atoms with Gasteiger partial charge in [0.1, 0.15) is 0 Å². The standard InChI is InChI=1S/C34H36N2S4/c1-37-27-11-13-29-33-25(27)5-3-15-35(33)31(39-29)19-21-7-9-23-10-8-22(18-24(23)17-21)20-32-36-16-4-6-26-28(38-2)12-14-30(40-32)34(26)36/h11-14,17-20,23,31H,3-10,15-16H2,1-2H3. The highest BCUT2D eigenvalue weighted by Crippen LogP contribution is 2.53. The van der Waals surface area contributed by atoms with Crippen LogP contribution in [0.1, 0.15) is 49.7 Å². The first-order chi connectivity index (χ1) is 19.7. The van der Waals surface area contributed by atoms with Gasteiger partial charge in [0.15, 0.2) is 0 Å². The van der Waals surface area contributed by atoms with Crippen molar-refractivity contribution in [3.8, 4) is 0 Å². The van der Waals surface area contributed by atoms with Gasteiger partial charge in [0.2, 0.25) is 0 Å². The van der Waals surface area contributed by atoms with E-state index in [-0.39, 0.29) is 0 Å². The van der Waals surface area contributed by atoms with Crippen molar-refractivity contribution in [2.45, 2.75) is 76.3 Å². The molecule has 2 aromatic rings. The topological polar surface area (TPSA) is 6.48 Å². The van der Waals surface area contributed by atoms with Crippen LogP contribution >= 0.6 is 47.0 Å². The van der Waals surface area contributed by atoms with E-state index >= 15 is 0 Å². The summed E-state index contributed by atoms with van der Waals surface area (Å²) >= 11 is 7.87. The van der Waals surface area contributed by atoms with Crippen molar-refractivity contribution < 1.29 is 0 Å². The van der Waals surface area contributed by atoms with E-state index in [0.717, 1.165) is 12.5 Å². The number of benzene rings is 2. The lowest BCUT2D eigenvalue weighted by Gasteiger charge is -2.32. The summed E-state index contributed by atoms with van der Waals surface area (Å²) in [5.41, 5.74) is 10.9. The van der Waals surface area contributed by atoms with E-state index < -0.39 is 0 Å². The molecule has 0 saturated heterocycles. The van der Waals surface area contributed by atoms with Crippen LogP contribution in [0.4, 0.5) is 11.4 Å². The molecule has 4 heterocycles. The van der Waals surface area contributed by atoms with Crippen LogP contribution in [0.5, 0.6) is 0 Å². The number of nitrogens with zero attached hydrogens (tertiary/aromatic N) is 2. The lowest BCUT2D eigenvalue weighted by Crippen LogP contribution is -2.33. The smallest absolute Gasteiger partial charge is 0.0988 e. The average Bonchev–Trinajstić information content (AvgIpc) is 3.53. The van der Waals surface area contributed by atoms with Crippen LogP contribution < -0.4 is 9.80 Å². The fraction of sp³-hybridized carbons (Fsp3) is 0.412. The van der Waals surface area contributed by atoms with Gasteiger partial charge in [0, 0.05) is 32.7 Å². The largest absolute Gasteiger partial charge is 0.354 e. The summed E-state index contributed by atoms with van der Waals surface area (Å²) in [5, 5.41) is 1.88. The Morgan fingerprint density at radius 1 is 0.825 bits per heavy atom. The molecule has 0 spiro atoms. The third kappa shape index (κ3) is 4.35. The van der Waals surface area contributed by atoms with Crippen molar-refractivity contribution in [2.75, 3.05) is 35.4 Å². The van der Waals surface area contributed by atoms with Crippen molar-refractivity contribution in [2.24, 2.45) is 5.92 Å². The quantitative estimate of drug-likeness (QED) is 0.320. The Balaban J connectivity index is 1.07. The lowest BCUT2D eigenvalue weighted by atomic mass is 9.77. The normalized spacial score (nSPS) is 26.6. The minimum Gasteiger partial charge on any atom is -0.354 e. The fourth-order valence-electron chi connectivity index (χ4n) is 7.57. The van der Waals surface area contributed by atoms with Crippen molar-refractivity contribution in [3.05, 3.63) is 81.4 Å². The average molecular weight is 601 g/mol. The van der Waals surface area contributed by atoms with Gasteiger partial charge in [-0.25, -0.2) is 0 Å². The van der Waals surface area contributed by atoms with Gasteiger partial charge >= 0.3 is 0 Å². The van der Waals surface area contributed by atoms with Crippen LogP contribution in [0.3, 0.4) is 0 Å². The number of hydrogen-bond acceptors (Lipinski definition) is 6. The van der Waals surface area contributed by atoms with Crippen molar-refractivity contribution in [1.29, 1.82) is 0 Å². The van der Waals surface area contributed by atoms with Crippen molar-refractivity contribution in [1.82, 2.24) is 0 Å². The van der Waals surface area contributed by atoms with Crippen molar-refractivity contribution >= 4 is 58.4 Å². The van der Waals surface area contributed by atoms with Gasteiger partial charge in [-0.1, -0.05) is 35.7 Å². The van der Waals surface area contributed by atoms with Crippen molar-refractivity contribution in [3.63, 3.8) is 0 Å². The van der Waals surface area contributed by atoms with Crippen LogP contribution in [-0.2, 0) is 12.8 Å². The summed E-state index contributed by atoms with van der Waals surface area (Å²) in [6.07, 6.45) is 24.7. The first-order valence-corrected chi connectivity index (χ1v) is 19.0. The Morgan fingerprint density at radius 3 is 2.40 bits per heavy atom. The molecule has 2 aromatic carbocycles. The highest BCUT2D eigenvalue weighted by molar-refractivity contribution is 8.03. The first-order valence-electron chi connectivity index (χ1n) is 14.8. The minimum atomic E-state index is 0.441. The van der Waals surface area contributed by atoms with Crippen LogP contribution in [0, 0.1) is 5.92 Å². The minimum absolute atomic E-state index is 0.441. The van der Waals surface area contributed by atoms with Gasteiger partial charge in [-0.2, -0.15) is 0 Å². The van der Waals surface area contributed by atoms with Gasteiger partial charge in [0.05, 0.1) is 21.8 Å². The molecular weight excluding hydrogens is 565 g/mol. The third-order valence-electron chi connectivity index (χ3n) is 9.48. The molecule has 6 heteroatoms. The molecule has 2 unspecified atom stereocenters. The fourth-order valence-corrected chi connectivity index (χ4v) is 11.4. The molecule has 2 nitrogen and oxygen atoms in total. The van der Waals surface area contributed by atoms with Crippen LogP contribution in [0.15, 0.2) is 89.9 Å². The van der Waals surface area contributed by atoms with Crippen LogP contribution in [-0.4, -0.2) is 31.0 Å². The molecule has 4 aliphatic heterocycles. The van der Waals surface area contributed by atoms with E-state index in [1.807, 2.05) is 35.3 Å². The number of rotatable bonds is 4. The zero-order valence-corrected chi connectivity index (χ0v) is 26.6. The van der Waals surface area contributed by atoms with Gasteiger partial charge < -0.3 is 9.80 Å². The van der Waals surface area contributed by atoms with Gasteiger partial charge in [0.25, 0.3) is 0 Å². The van der Waals surface area contributed by atoms with E-state index in [4.69, 9.17) is 0 Å². The Kier molecular flexibility index (Phi) is 6.90. The molecule has 0 amide bonds. The molecule has 0 bridgehead atoms. The summed E-state index contributed by atoms with van der Waals surface area (Å²) in [6.45, 7) is 2.34. The third-order valence-corrected chi connectivity index (χ3v) is 13.4. The molecule has 206 valence electrons. The number of thioether (sulfide) groups is 4. The zero-order chi connectivity index (χ0) is 26.8. The van der Waals surface area contributed by atoms with Gasteiger partial charge in [-0.15, -0.1) is 23.5 Å². The summed E-state index contributed by atoms with van der Waals surface area (Å²) in [4.78, 5) is 11.2. The van der Waals surface area contributed by atoms with Crippen LogP contribution in [0.2, 0.25) is 0 Å². The molecule has 0 radical (unpaired) electrons. The molecule has 6 aliphatic rings. The van der Waals surface area contributed by atoms with Crippen LogP contribution in [0.25, 0.3) is 0 Å². The summed E-state index contributed by atoms with van der Waals surface area (Å²) in [5.74, 6) is 0.734. The summed E-state index contributed by atoms with van der Waals surface area (Å²) in [7, 11) is 0. The Labute approximate surface area is 256 Å². The monoisotopic (exact) mass is 600 g/mol. The molecule has 0 N–H and O–H groups in total. The first kappa shape index (κ1) is 26.1. The van der Waals surface area contributed by atoms with Gasteiger partial charge in [-0.3, -0.25) is 0 Å². The zero-order valence-electron chi connectivity index (χ0n) is 23.4. The van der Waals surface area contributed by atoms with E-state index in [0.29, 0.717) is 5.37 Å². The highest BCUT2D eigenvalue weighted by atomic mass is 32.2. The number of fused-ring (bicyclic) bond motifs is 1. The second-order valence-corrected chi connectivity index (χ2v) is 15.6.